The normalized spacial score (nSPS) is 11.1. The van der Waals surface area contributed by atoms with Crippen molar-refractivity contribution in [2.45, 2.75) is 0 Å². The Morgan fingerprint density at radius 2 is 1.76 bits per heavy atom. The Hall–Kier alpha value is -0.980. The Morgan fingerprint density at radius 1 is 1.29 bits per heavy atom. The highest BCUT2D eigenvalue weighted by Crippen LogP contribution is 2.33. The van der Waals surface area contributed by atoms with Crippen molar-refractivity contribution >= 4 is 39.1 Å². The van der Waals surface area contributed by atoms with Crippen LogP contribution in [-0.4, -0.2) is 27.7 Å². The molecule has 0 unspecified atom stereocenters. The third kappa shape index (κ3) is 3.76. The van der Waals surface area contributed by atoms with E-state index >= 15 is 0 Å². The second kappa shape index (κ2) is 5.12. The van der Waals surface area contributed by atoms with Crippen molar-refractivity contribution in [3.8, 4) is 5.75 Å². The molecule has 0 aliphatic rings. The average molecular weight is 298 g/mol. The molecule has 0 heterocycles. The van der Waals surface area contributed by atoms with Crippen LogP contribution in [-0.2, 0) is 10.0 Å². The smallest absolute Gasteiger partial charge is 0.264 e. The highest BCUT2D eigenvalue weighted by atomic mass is 35.5. The fraction of sp³-hybridized carbons (Fsp3) is 0.222. The van der Waals surface area contributed by atoms with Crippen molar-refractivity contribution in [2.75, 3.05) is 13.4 Å². The first-order chi connectivity index (χ1) is 7.74. The number of hydrogen-bond donors (Lipinski definition) is 1. The number of halogens is 2. The molecule has 0 saturated heterocycles. The fourth-order valence-corrected chi connectivity index (χ4v) is 2.21. The summed E-state index contributed by atoms with van der Waals surface area (Å²) >= 11 is 11.6. The summed E-state index contributed by atoms with van der Waals surface area (Å²) in [5.74, 6) is -0.580. The molecule has 0 saturated carbocycles. The molecule has 1 aromatic carbocycles. The van der Waals surface area contributed by atoms with E-state index in [1.807, 2.05) is 0 Å². The van der Waals surface area contributed by atoms with Crippen LogP contribution in [0.25, 0.3) is 0 Å². The molecule has 0 spiro atoms. The van der Waals surface area contributed by atoms with Crippen LogP contribution in [0.2, 0.25) is 10.0 Å². The van der Waals surface area contributed by atoms with Crippen LogP contribution in [0.4, 0.5) is 0 Å². The second-order valence-corrected chi connectivity index (χ2v) is 5.74. The van der Waals surface area contributed by atoms with Crippen molar-refractivity contribution in [1.82, 2.24) is 4.72 Å². The van der Waals surface area contributed by atoms with Crippen LogP contribution in [0.15, 0.2) is 12.1 Å². The van der Waals surface area contributed by atoms with Gasteiger partial charge in [0.05, 0.1) is 23.4 Å². The Balaban J connectivity index is 3.13. The van der Waals surface area contributed by atoms with Crippen molar-refractivity contribution < 1.29 is 17.9 Å². The number of sulfonamides is 1. The first-order valence-corrected chi connectivity index (χ1v) is 6.94. The lowest BCUT2D eigenvalue weighted by Crippen LogP contribution is -2.29. The predicted molar refractivity (Wildman–Crippen MR) is 65.3 cm³/mol. The van der Waals surface area contributed by atoms with E-state index < -0.39 is 15.9 Å². The van der Waals surface area contributed by atoms with Gasteiger partial charge in [-0.05, 0) is 12.1 Å². The Kier molecular flexibility index (Phi) is 4.24. The summed E-state index contributed by atoms with van der Waals surface area (Å²) in [6.45, 7) is 0. The minimum Gasteiger partial charge on any atom is -0.494 e. The molecule has 1 N–H and O–H groups in total. The first kappa shape index (κ1) is 14.1. The molecular formula is C9H9Cl2NO4S. The predicted octanol–water partition coefficient (Wildman–Crippen LogP) is 1.69. The molecule has 0 radical (unpaired) electrons. The van der Waals surface area contributed by atoms with Crippen LogP contribution in [0.1, 0.15) is 10.4 Å². The summed E-state index contributed by atoms with van der Waals surface area (Å²) in [6.07, 6.45) is 0.873. The zero-order valence-electron chi connectivity index (χ0n) is 8.95. The van der Waals surface area contributed by atoms with Crippen molar-refractivity contribution in [3.63, 3.8) is 0 Å². The molecule has 0 fully saturated rings. The van der Waals surface area contributed by atoms with Crippen molar-refractivity contribution in [1.29, 1.82) is 0 Å². The quantitative estimate of drug-likeness (QED) is 0.921. The minimum atomic E-state index is -3.63. The molecule has 94 valence electrons. The summed E-state index contributed by atoms with van der Waals surface area (Å²) in [5, 5.41) is 0.248. The molecule has 0 aliphatic carbocycles. The number of carbonyl (C=O) groups excluding carboxylic acids is 1. The van der Waals surface area contributed by atoms with E-state index in [0.717, 1.165) is 6.26 Å². The average Bonchev–Trinajstić information content (AvgIpc) is 2.14. The van der Waals surface area contributed by atoms with Crippen LogP contribution in [0.3, 0.4) is 0 Å². The van der Waals surface area contributed by atoms with Gasteiger partial charge in [0.15, 0.2) is 5.75 Å². The standard InChI is InChI=1S/C9H9Cl2NO4S/c1-16-8-6(10)3-5(4-7(8)11)9(13)12-17(2,14)15/h3-4H,1-2H3,(H,12,13). The summed E-state index contributed by atoms with van der Waals surface area (Å²) in [5.41, 5.74) is 0.0335. The fourth-order valence-electron chi connectivity index (χ4n) is 1.11. The number of nitrogens with one attached hydrogen (secondary N) is 1. The van der Waals surface area contributed by atoms with Crippen LogP contribution < -0.4 is 9.46 Å². The summed E-state index contributed by atoms with van der Waals surface area (Å²) in [6, 6.07) is 2.54. The zero-order valence-corrected chi connectivity index (χ0v) is 11.3. The van der Waals surface area contributed by atoms with Gasteiger partial charge in [-0.1, -0.05) is 23.2 Å². The molecule has 17 heavy (non-hydrogen) atoms. The van der Waals surface area contributed by atoms with E-state index in [2.05, 4.69) is 0 Å². The second-order valence-electron chi connectivity index (χ2n) is 3.18. The topological polar surface area (TPSA) is 72.5 Å². The van der Waals surface area contributed by atoms with E-state index in [9.17, 15) is 13.2 Å². The molecule has 1 aromatic rings. The van der Waals surface area contributed by atoms with Gasteiger partial charge >= 0.3 is 0 Å². The number of benzene rings is 1. The van der Waals surface area contributed by atoms with Crippen molar-refractivity contribution in [2.24, 2.45) is 0 Å². The molecule has 1 rings (SSSR count). The van der Waals surface area contributed by atoms with Crippen LogP contribution in [0.5, 0.6) is 5.75 Å². The Labute approximate surface area is 109 Å². The summed E-state index contributed by atoms with van der Waals surface area (Å²) < 4.78 is 28.5. The SMILES string of the molecule is COc1c(Cl)cc(C(=O)NS(C)(=O)=O)cc1Cl. The van der Waals surface area contributed by atoms with Gasteiger partial charge in [-0.2, -0.15) is 0 Å². The van der Waals surface area contributed by atoms with Gasteiger partial charge in [-0.15, -0.1) is 0 Å². The Bertz CT molecular complexity index is 533. The molecule has 8 heteroatoms. The molecular weight excluding hydrogens is 289 g/mol. The monoisotopic (exact) mass is 297 g/mol. The van der Waals surface area contributed by atoms with E-state index in [0.29, 0.717) is 0 Å². The van der Waals surface area contributed by atoms with E-state index in [-0.39, 0.29) is 21.4 Å². The first-order valence-electron chi connectivity index (χ1n) is 4.29. The molecule has 0 aliphatic heterocycles. The molecule has 5 nitrogen and oxygen atoms in total. The molecule has 1 amide bonds. The maximum absolute atomic E-state index is 11.5. The van der Waals surface area contributed by atoms with E-state index in [4.69, 9.17) is 27.9 Å². The number of amides is 1. The van der Waals surface area contributed by atoms with Gasteiger partial charge in [0.1, 0.15) is 0 Å². The lowest BCUT2D eigenvalue weighted by atomic mass is 10.2. The number of carbonyl (C=O) groups is 1. The number of ether oxygens (including phenoxy) is 1. The number of rotatable bonds is 3. The summed E-state index contributed by atoms with van der Waals surface area (Å²) in [7, 11) is -2.25. The van der Waals surface area contributed by atoms with Crippen LogP contribution >= 0.6 is 23.2 Å². The van der Waals surface area contributed by atoms with Crippen LogP contribution in [0, 0.1) is 0 Å². The Morgan fingerprint density at radius 3 is 2.12 bits per heavy atom. The zero-order chi connectivity index (χ0) is 13.2. The summed E-state index contributed by atoms with van der Waals surface area (Å²) in [4.78, 5) is 11.5. The van der Waals surface area contributed by atoms with E-state index in [1.54, 1.807) is 4.72 Å². The van der Waals surface area contributed by atoms with Crippen molar-refractivity contribution in [3.05, 3.63) is 27.7 Å². The highest BCUT2D eigenvalue weighted by molar-refractivity contribution is 7.89. The maximum Gasteiger partial charge on any atom is 0.264 e. The lowest BCUT2D eigenvalue weighted by molar-refractivity contribution is 0.0981. The maximum atomic E-state index is 11.5. The van der Waals surface area contributed by atoms with Gasteiger partial charge in [-0.3, -0.25) is 4.79 Å². The molecule has 0 atom stereocenters. The van der Waals surface area contributed by atoms with Gasteiger partial charge in [0.25, 0.3) is 5.91 Å². The lowest BCUT2D eigenvalue weighted by Gasteiger charge is -2.08. The van der Waals surface area contributed by atoms with Gasteiger partial charge in [0.2, 0.25) is 10.0 Å². The third-order valence-corrected chi connectivity index (χ3v) is 2.86. The number of hydrogen-bond acceptors (Lipinski definition) is 4. The molecule has 0 bridgehead atoms. The van der Waals surface area contributed by atoms with E-state index in [1.165, 1.54) is 19.2 Å². The molecule has 0 aromatic heterocycles. The third-order valence-electron chi connectivity index (χ3n) is 1.74. The van der Waals surface area contributed by atoms with Gasteiger partial charge in [0, 0.05) is 5.56 Å². The highest BCUT2D eigenvalue weighted by Gasteiger charge is 2.15. The number of methoxy groups -OCH3 is 1. The van der Waals surface area contributed by atoms with Gasteiger partial charge in [-0.25, -0.2) is 13.1 Å². The minimum absolute atomic E-state index is 0.0335. The van der Waals surface area contributed by atoms with Gasteiger partial charge < -0.3 is 4.74 Å². The largest absolute Gasteiger partial charge is 0.494 e.